The Hall–Kier alpha value is -2.53. The molecule has 26 heavy (non-hydrogen) atoms. The van der Waals surface area contributed by atoms with Crippen LogP contribution < -0.4 is 16.0 Å². The number of anilines is 2. The van der Waals surface area contributed by atoms with Gasteiger partial charge in [-0.25, -0.2) is 0 Å². The molecule has 0 aliphatic heterocycles. The standard InChI is InChI=1S/C20H24ClN3O2/c1-4-9-22-20(26)16-7-6-15(21)11-18(16)23-12-19(25)24-17-8-5-13(2)10-14(17)3/h5-8,10-11,23H,4,9,12H2,1-3H3,(H,22,26)(H,24,25). The molecule has 0 atom stereocenters. The summed E-state index contributed by atoms with van der Waals surface area (Å²) < 4.78 is 0. The van der Waals surface area contributed by atoms with Crippen molar-refractivity contribution in [3.8, 4) is 0 Å². The summed E-state index contributed by atoms with van der Waals surface area (Å²) in [4.78, 5) is 24.5. The molecular weight excluding hydrogens is 350 g/mol. The van der Waals surface area contributed by atoms with Crippen molar-refractivity contribution in [2.75, 3.05) is 23.7 Å². The van der Waals surface area contributed by atoms with Crippen molar-refractivity contribution < 1.29 is 9.59 Å². The van der Waals surface area contributed by atoms with Crippen molar-refractivity contribution in [2.45, 2.75) is 27.2 Å². The molecule has 0 saturated carbocycles. The van der Waals surface area contributed by atoms with E-state index >= 15 is 0 Å². The number of amides is 2. The maximum Gasteiger partial charge on any atom is 0.253 e. The van der Waals surface area contributed by atoms with Gasteiger partial charge in [0.05, 0.1) is 12.1 Å². The summed E-state index contributed by atoms with van der Waals surface area (Å²) in [6.45, 7) is 6.56. The third kappa shape index (κ3) is 5.49. The van der Waals surface area contributed by atoms with Gasteiger partial charge in [-0.2, -0.15) is 0 Å². The molecule has 2 amide bonds. The van der Waals surface area contributed by atoms with E-state index in [1.165, 1.54) is 0 Å². The molecule has 0 fully saturated rings. The molecule has 138 valence electrons. The summed E-state index contributed by atoms with van der Waals surface area (Å²) in [6, 6.07) is 10.8. The molecule has 2 aromatic rings. The lowest BCUT2D eigenvalue weighted by Gasteiger charge is -2.13. The second kappa shape index (κ2) is 9.25. The number of hydrogen-bond acceptors (Lipinski definition) is 3. The Morgan fingerprint density at radius 2 is 1.81 bits per heavy atom. The number of carbonyl (C=O) groups is 2. The van der Waals surface area contributed by atoms with Crippen LogP contribution in [0.25, 0.3) is 0 Å². The van der Waals surface area contributed by atoms with Crippen LogP contribution in [0.15, 0.2) is 36.4 Å². The van der Waals surface area contributed by atoms with E-state index in [4.69, 9.17) is 11.6 Å². The van der Waals surface area contributed by atoms with Gasteiger partial charge in [0.15, 0.2) is 0 Å². The molecule has 6 heteroatoms. The van der Waals surface area contributed by atoms with Gasteiger partial charge in [0.2, 0.25) is 5.91 Å². The Morgan fingerprint density at radius 1 is 1.04 bits per heavy atom. The Labute approximate surface area is 159 Å². The number of carbonyl (C=O) groups excluding carboxylic acids is 2. The molecule has 0 aliphatic carbocycles. The SMILES string of the molecule is CCCNC(=O)c1ccc(Cl)cc1NCC(=O)Nc1ccc(C)cc1C. The van der Waals surface area contributed by atoms with E-state index in [9.17, 15) is 9.59 Å². The highest BCUT2D eigenvalue weighted by Gasteiger charge is 2.13. The summed E-state index contributed by atoms with van der Waals surface area (Å²) in [5.74, 6) is -0.391. The topological polar surface area (TPSA) is 70.2 Å². The first-order valence-corrected chi connectivity index (χ1v) is 8.97. The van der Waals surface area contributed by atoms with Crippen LogP contribution in [0.3, 0.4) is 0 Å². The van der Waals surface area contributed by atoms with E-state index in [2.05, 4.69) is 16.0 Å². The number of aryl methyl sites for hydroxylation is 2. The van der Waals surface area contributed by atoms with Gasteiger partial charge in [0, 0.05) is 22.9 Å². The second-order valence-corrected chi connectivity index (χ2v) is 6.60. The van der Waals surface area contributed by atoms with Crippen molar-refractivity contribution in [1.82, 2.24) is 5.32 Å². The van der Waals surface area contributed by atoms with Crippen LogP contribution in [-0.4, -0.2) is 24.9 Å². The molecule has 2 aromatic carbocycles. The quantitative estimate of drug-likeness (QED) is 0.682. The molecule has 3 N–H and O–H groups in total. The van der Waals surface area contributed by atoms with Gasteiger partial charge < -0.3 is 16.0 Å². The van der Waals surface area contributed by atoms with Crippen molar-refractivity contribution in [1.29, 1.82) is 0 Å². The van der Waals surface area contributed by atoms with Crippen LogP contribution in [0.1, 0.15) is 34.8 Å². The van der Waals surface area contributed by atoms with E-state index in [-0.39, 0.29) is 18.4 Å². The lowest BCUT2D eigenvalue weighted by Crippen LogP contribution is -2.27. The largest absolute Gasteiger partial charge is 0.375 e. The fourth-order valence-electron chi connectivity index (χ4n) is 2.52. The van der Waals surface area contributed by atoms with Gasteiger partial charge in [-0.15, -0.1) is 0 Å². The normalized spacial score (nSPS) is 10.3. The highest BCUT2D eigenvalue weighted by atomic mass is 35.5. The van der Waals surface area contributed by atoms with E-state index < -0.39 is 0 Å². The minimum Gasteiger partial charge on any atom is -0.375 e. The van der Waals surface area contributed by atoms with Gasteiger partial charge in [-0.05, 0) is 50.1 Å². The summed E-state index contributed by atoms with van der Waals surface area (Å²) in [7, 11) is 0. The summed E-state index contributed by atoms with van der Waals surface area (Å²) >= 11 is 6.03. The van der Waals surface area contributed by atoms with Crippen LogP contribution in [0.5, 0.6) is 0 Å². The highest BCUT2D eigenvalue weighted by molar-refractivity contribution is 6.31. The third-order valence-electron chi connectivity index (χ3n) is 3.86. The minimum atomic E-state index is -0.197. The summed E-state index contributed by atoms with van der Waals surface area (Å²) in [5, 5.41) is 9.20. The maximum absolute atomic E-state index is 12.3. The zero-order chi connectivity index (χ0) is 19.1. The molecular formula is C20H24ClN3O2. The predicted molar refractivity (Wildman–Crippen MR) is 107 cm³/mol. The number of halogens is 1. The molecule has 0 radical (unpaired) electrons. The number of hydrogen-bond donors (Lipinski definition) is 3. The zero-order valence-electron chi connectivity index (χ0n) is 15.3. The molecule has 2 rings (SSSR count). The van der Waals surface area contributed by atoms with Gasteiger partial charge in [-0.3, -0.25) is 9.59 Å². The van der Waals surface area contributed by atoms with Gasteiger partial charge >= 0.3 is 0 Å². The van der Waals surface area contributed by atoms with Crippen molar-refractivity contribution >= 4 is 34.8 Å². The van der Waals surface area contributed by atoms with Crippen LogP contribution in [0.4, 0.5) is 11.4 Å². The Balaban J connectivity index is 2.04. The minimum absolute atomic E-state index is 0.0295. The van der Waals surface area contributed by atoms with E-state index in [1.54, 1.807) is 18.2 Å². The van der Waals surface area contributed by atoms with Crippen LogP contribution in [-0.2, 0) is 4.79 Å². The van der Waals surface area contributed by atoms with Gasteiger partial charge in [-0.1, -0.05) is 36.2 Å². The summed E-state index contributed by atoms with van der Waals surface area (Å²) in [5.41, 5.74) is 3.90. The number of nitrogens with one attached hydrogen (secondary N) is 3. The average Bonchev–Trinajstić information content (AvgIpc) is 2.60. The summed E-state index contributed by atoms with van der Waals surface area (Å²) in [6.07, 6.45) is 0.848. The molecule has 0 saturated heterocycles. The predicted octanol–water partition coefficient (Wildman–Crippen LogP) is 4.15. The van der Waals surface area contributed by atoms with Crippen molar-refractivity contribution in [2.24, 2.45) is 0 Å². The molecule has 0 aliphatic rings. The lowest BCUT2D eigenvalue weighted by molar-refractivity contribution is -0.114. The maximum atomic E-state index is 12.3. The Morgan fingerprint density at radius 3 is 2.50 bits per heavy atom. The van der Waals surface area contributed by atoms with E-state index in [1.807, 2.05) is 39.0 Å². The molecule has 0 unspecified atom stereocenters. The first-order valence-electron chi connectivity index (χ1n) is 8.59. The van der Waals surface area contributed by atoms with E-state index in [0.29, 0.717) is 22.8 Å². The zero-order valence-corrected chi connectivity index (χ0v) is 16.0. The number of benzene rings is 2. The fraction of sp³-hybridized carbons (Fsp3) is 0.300. The number of rotatable bonds is 7. The van der Waals surface area contributed by atoms with Crippen LogP contribution in [0.2, 0.25) is 5.02 Å². The Bertz CT molecular complexity index is 806. The smallest absolute Gasteiger partial charge is 0.253 e. The van der Waals surface area contributed by atoms with Gasteiger partial charge in [0.1, 0.15) is 0 Å². The molecule has 5 nitrogen and oxygen atoms in total. The first-order chi connectivity index (χ1) is 12.4. The van der Waals surface area contributed by atoms with E-state index in [0.717, 1.165) is 23.2 Å². The molecule has 0 spiro atoms. The van der Waals surface area contributed by atoms with Crippen molar-refractivity contribution in [3.63, 3.8) is 0 Å². The molecule has 0 bridgehead atoms. The highest BCUT2D eigenvalue weighted by Crippen LogP contribution is 2.21. The van der Waals surface area contributed by atoms with Crippen LogP contribution >= 0.6 is 11.6 Å². The van der Waals surface area contributed by atoms with Gasteiger partial charge in [0.25, 0.3) is 5.91 Å². The average molecular weight is 374 g/mol. The lowest BCUT2D eigenvalue weighted by atomic mass is 10.1. The van der Waals surface area contributed by atoms with Crippen LogP contribution in [0, 0.1) is 13.8 Å². The molecule has 0 heterocycles. The third-order valence-corrected chi connectivity index (χ3v) is 4.09. The monoisotopic (exact) mass is 373 g/mol. The first kappa shape index (κ1) is 19.8. The Kier molecular flexibility index (Phi) is 7.04. The second-order valence-electron chi connectivity index (χ2n) is 6.17. The fourth-order valence-corrected chi connectivity index (χ4v) is 2.69. The molecule has 0 aromatic heterocycles. The van der Waals surface area contributed by atoms with Crippen molar-refractivity contribution in [3.05, 3.63) is 58.1 Å².